The minimum atomic E-state index is -3.13. The number of amides is 2. The van der Waals surface area contributed by atoms with Gasteiger partial charge in [-0.15, -0.1) is 0 Å². The summed E-state index contributed by atoms with van der Waals surface area (Å²) in [6.07, 6.45) is 0. The topological polar surface area (TPSA) is 94.9 Å². The summed E-state index contributed by atoms with van der Waals surface area (Å²) in [5.41, 5.74) is 1.01. The third-order valence-electron chi connectivity index (χ3n) is 2.00. The van der Waals surface area contributed by atoms with E-state index in [-0.39, 0.29) is 11.8 Å². The zero-order valence-corrected chi connectivity index (χ0v) is 9.38. The van der Waals surface area contributed by atoms with E-state index in [1.54, 1.807) is 24.3 Å². The van der Waals surface area contributed by atoms with Crippen molar-refractivity contribution in [1.29, 1.82) is 0 Å². The molecule has 7 heteroatoms. The van der Waals surface area contributed by atoms with Crippen LogP contribution in [0.15, 0.2) is 24.3 Å². The van der Waals surface area contributed by atoms with Crippen molar-refractivity contribution in [2.75, 3.05) is 7.05 Å². The number of carbonyl (C=O) groups excluding carboxylic acids is 2. The maximum Gasteiger partial charge on any atom is 0.314 e. The number of hydrogen-bond acceptors (Lipinski definition) is 3. The summed E-state index contributed by atoms with van der Waals surface area (Å²) in [6, 6.07) is 6.84. The summed E-state index contributed by atoms with van der Waals surface area (Å²) in [6.45, 7) is 0. The molecule has 86 valence electrons. The van der Waals surface area contributed by atoms with Gasteiger partial charge in [-0.25, -0.2) is 0 Å². The SMILES string of the molecule is CN1C(=O)c2ccccc2C1=O.O=[PH](O)O. The summed E-state index contributed by atoms with van der Waals surface area (Å²) in [7, 11) is -1.64. The van der Waals surface area contributed by atoms with Gasteiger partial charge < -0.3 is 9.79 Å². The molecule has 0 bridgehead atoms. The molecular formula is C9H10NO5P. The molecule has 0 fully saturated rings. The van der Waals surface area contributed by atoms with Crippen LogP contribution in [0.2, 0.25) is 0 Å². The van der Waals surface area contributed by atoms with Crippen LogP contribution in [0.5, 0.6) is 0 Å². The Morgan fingerprint density at radius 3 is 1.69 bits per heavy atom. The number of benzene rings is 1. The molecule has 0 saturated heterocycles. The van der Waals surface area contributed by atoms with Crippen molar-refractivity contribution in [2.45, 2.75) is 0 Å². The standard InChI is InChI=1S/C9H7NO2.H3O3P/c1-10-8(11)6-4-2-3-5-7(6)9(10)12;1-4(2)3/h2-5H,1H3;4H,(H2,1,2,3). The van der Waals surface area contributed by atoms with E-state index in [1.165, 1.54) is 7.05 Å². The summed E-state index contributed by atoms with van der Waals surface area (Å²) in [5, 5.41) is 0. The van der Waals surface area contributed by atoms with E-state index in [0.717, 1.165) is 4.90 Å². The molecule has 1 heterocycles. The fraction of sp³-hybridized carbons (Fsp3) is 0.111. The van der Waals surface area contributed by atoms with E-state index in [1.807, 2.05) is 0 Å². The van der Waals surface area contributed by atoms with Gasteiger partial charge in [0.1, 0.15) is 0 Å². The number of carbonyl (C=O) groups is 2. The van der Waals surface area contributed by atoms with Crippen molar-refractivity contribution in [2.24, 2.45) is 0 Å². The van der Waals surface area contributed by atoms with Crippen molar-refractivity contribution in [3.63, 3.8) is 0 Å². The molecule has 0 spiro atoms. The van der Waals surface area contributed by atoms with Gasteiger partial charge in [-0.1, -0.05) is 12.1 Å². The molecule has 6 nitrogen and oxygen atoms in total. The van der Waals surface area contributed by atoms with Crippen LogP contribution in [0.25, 0.3) is 0 Å². The molecule has 1 aliphatic heterocycles. The molecule has 0 radical (unpaired) electrons. The average molecular weight is 243 g/mol. The van der Waals surface area contributed by atoms with Gasteiger partial charge in [0.2, 0.25) is 0 Å². The first-order valence-electron chi connectivity index (χ1n) is 4.28. The first kappa shape index (κ1) is 12.6. The van der Waals surface area contributed by atoms with Crippen LogP contribution in [0, 0.1) is 0 Å². The van der Waals surface area contributed by atoms with Crippen LogP contribution < -0.4 is 0 Å². The molecule has 1 aromatic rings. The fourth-order valence-electron chi connectivity index (χ4n) is 1.31. The lowest BCUT2D eigenvalue weighted by Crippen LogP contribution is -2.24. The van der Waals surface area contributed by atoms with Gasteiger partial charge >= 0.3 is 8.25 Å². The van der Waals surface area contributed by atoms with Crippen LogP contribution in [-0.2, 0) is 4.57 Å². The Bertz CT molecular complexity index is 420. The largest absolute Gasteiger partial charge is 0.326 e. The molecule has 0 saturated carbocycles. The lowest BCUT2D eigenvalue weighted by Gasteiger charge is -2.02. The highest BCUT2D eigenvalue weighted by Gasteiger charge is 2.31. The molecule has 0 aromatic heterocycles. The lowest BCUT2D eigenvalue weighted by atomic mass is 10.1. The number of imide groups is 1. The first-order valence-corrected chi connectivity index (χ1v) is 5.58. The van der Waals surface area contributed by atoms with Crippen molar-refractivity contribution in [1.82, 2.24) is 4.90 Å². The quantitative estimate of drug-likeness (QED) is 0.504. The zero-order chi connectivity index (χ0) is 12.3. The molecular weight excluding hydrogens is 233 g/mol. The Morgan fingerprint density at radius 2 is 1.38 bits per heavy atom. The fourth-order valence-corrected chi connectivity index (χ4v) is 1.31. The Morgan fingerprint density at radius 1 is 1.06 bits per heavy atom. The summed E-state index contributed by atoms with van der Waals surface area (Å²) in [4.78, 5) is 38.1. The number of hydrogen-bond donors (Lipinski definition) is 2. The molecule has 2 amide bonds. The van der Waals surface area contributed by atoms with Crippen LogP contribution >= 0.6 is 8.25 Å². The third kappa shape index (κ3) is 2.55. The second kappa shape index (κ2) is 5.03. The predicted molar refractivity (Wildman–Crippen MR) is 56.3 cm³/mol. The Labute approximate surface area is 92.1 Å². The smallest absolute Gasteiger partial charge is 0.314 e. The molecule has 2 rings (SSSR count). The van der Waals surface area contributed by atoms with Crippen LogP contribution in [-0.4, -0.2) is 33.5 Å². The molecule has 0 aliphatic carbocycles. The minimum Gasteiger partial charge on any atom is -0.326 e. The summed E-state index contributed by atoms with van der Waals surface area (Å²) < 4.78 is 8.74. The maximum absolute atomic E-state index is 11.3. The lowest BCUT2D eigenvalue weighted by molar-refractivity contribution is 0.0693. The number of fused-ring (bicyclic) bond motifs is 1. The van der Waals surface area contributed by atoms with Gasteiger partial charge in [-0.2, -0.15) is 0 Å². The van der Waals surface area contributed by atoms with Crippen molar-refractivity contribution < 1.29 is 23.9 Å². The Balaban J connectivity index is 0.000000280. The Hall–Kier alpha value is -1.49. The van der Waals surface area contributed by atoms with Gasteiger partial charge in [0.25, 0.3) is 11.8 Å². The van der Waals surface area contributed by atoms with Crippen molar-refractivity contribution >= 4 is 20.1 Å². The highest BCUT2D eigenvalue weighted by atomic mass is 31.1. The average Bonchev–Trinajstić information content (AvgIpc) is 2.44. The second-order valence-corrected chi connectivity index (χ2v) is 3.56. The van der Waals surface area contributed by atoms with E-state index in [4.69, 9.17) is 14.4 Å². The highest BCUT2D eigenvalue weighted by Crippen LogP contribution is 2.20. The van der Waals surface area contributed by atoms with Gasteiger partial charge in [-0.05, 0) is 12.1 Å². The molecule has 0 unspecified atom stereocenters. The van der Waals surface area contributed by atoms with E-state index in [0.29, 0.717) is 11.1 Å². The van der Waals surface area contributed by atoms with Gasteiger partial charge in [0.05, 0.1) is 11.1 Å². The molecule has 1 aromatic carbocycles. The van der Waals surface area contributed by atoms with E-state index < -0.39 is 8.25 Å². The summed E-state index contributed by atoms with van der Waals surface area (Å²) >= 11 is 0. The normalized spacial score (nSPS) is 13.6. The van der Waals surface area contributed by atoms with Gasteiger partial charge in [-0.3, -0.25) is 19.1 Å². The van der Waals surface area contributed by atoms with Crippen LogP contribution in [0.1, 0.15) is 20.7 Å². The van der Waals surface area contributed by atoms with Crippen molar-refractivity contribution in [3.05, 3.63) is 35.4 Å². The first-order chi connectivity index (χ1) is 7.45. The molecule has 0 atom stereocenters. The zero-order valence-electron chi connectivity index (χ0n) is 8.38. The highest BCUT2D eigenvalue weighted by molar-refractivity contribution is 7.30. The molecule has 1 aliphatic rings. The predicted octanol–water partition coefficient (Wildman–Crippen LogP) is 0.273. The Kier molecular flexibility index (Phi) is 3.95. The van der Waals surface area contributed by atoms with Gasteiger partial charge in [0.15, 0.2) is 0 Å². The van der Waals surface area contributed by atoms with Crippen molar-refractivity contribution in [3.8, 4) is 0 Å². The van der Waals surface area contributed by atoms with Gasteiger partial charge in [0, 0.05) is 7.05 Å². The van der Waals surface area contributed by atoms with E-state index >= 15 is 0 Å². The molecule has 16 heavy (non-hydrogen) atoms. The second-order valence-electron chi connectivity index (χ2n) is 3.00. The van der Waals surface area contributed by atoms with E-state index in [9.17, 15) is 9.59 Å². The van der Waals surface area contributed by atoms with Crippen LogP contribution in [0.3, 0.4) is 0 Å². The number of nitrogens with zero attached hydrogens (tertiary/aromatic N) is 1. The van der Waals surface area contributed by atoms with E-state index in [2.05, 4.69) is 0 Å². The van der Waals surface area contributed by atoms with Crippen LogP contribution in [0.4, 0.5) is 0 Å². The molecule has 2 N–H and O–H groups in total. The third-order valence-corrected chi connectivity index (χ3v) is 2.00. The number of rotatable bonds is 0. The minimum absolute atomic E-state index is 0.212. The monoisotopic (exact) mass is 243 g/mol. The maximum atomic E-state index is 11.3. The summed E-state index contributed by atoms with van der Waals surface area (Å²) in [5.74, 6) is -0.425.